The zero-order chi connectivity index (χ0) is 16.8. The predicted molar refractivity (Wildman–Crippen MR) is 98.2 cm³/mol. The van der Waals surface area contributed by atoms with Crippen LogP contribution >= 0.6 is 0 Å². The highest BCUT2D eigenvalue weighted by atomic mass is 16.5. The maximum Gasteiger partial charge on any atom is 0.185 e. The number of allylic oxidation sites excluding steroid dienone is 1. The van der Waals surface area contributed by atoms with Gasteiger partial charge in [-0.1, -0.05) is 72.8 Å². The first-order valence-corrected chi connectivity index (χ1v) is 7.78. The second kappa shape index (κ2) is 7.42. The molecule has 0 N–H and O–H groups in total. The zero-order valence-electron chi connectivity index (χ0n) is 13.5. The lowest BCUT2D eigenvalue weighted by Gasteiger charge is -2.02. The second-order valence-corrected chi connectivity index (χ2v) is 5.41. The van der Waals surface area contributed by atoms with Gasteiger partial charge in [-0.05, 0) is 34.9 Å². The van der Waals surface area contributed by atoms with Crippen molar-refractivity contribution in [3.05, 3.63) is 96.1 Å². The van der Waals surface area contributed by atoms with Crippen LogP contribution in [0.15, 0.2) is 84.9 Å². The van der Waals surface area contributed by atoms with Crippen LogP contribution in [0.25, 0.3) is 17.2 Å². The lowest BCUT2D eigenvalue weighted by Crippen LogP contribution is -1.93. The van der Waals surface area contributed by atoms with Gasteiger partial charge >= 0.3 is 0 Å². The van der Waals surface area contributed by atoms with Gasteiger partial charge in [-0.2, -0.15) is 0 Å². The molecule has 0 aromatic heterocycles. The molecular weight excluding hydrogens is 296 g/mol. The molecule has 0 saturated heterocycles. The molecule has 0 amide bonds. The molecule has 0 aliphatic heterocycles. The summed E-state index contributed by atoms with van der Waals surface area (Å²) in [7, 11) is 1.63. The van der Waals surface area contributed by atoms with Gasteiger partial charge in [0.25, 0.3) is 0 Å². The lowest BCUT2D eigenvalue weighted by atomic mass is 10.0. The van der Waals surface area contributed by atoms with Gasteiger partial charge < -0.3 is 4.74 Å². The number of carbonyl (C=O) groups is 1. The second-order valence-electron chi connectivity index (χ2n) is 5.41. The fraction of sp³-hybridized carbons (Fsp3) is 0.0455. The van der Waals surface area contributed by atoms with Crippen LogP contribution < -0.4 is 4.74 Å². The Morgan fingerprint density at radius 3 is 2.04 bits per heavy atom. The third-order valence-corrected chi connectivity index (χ3v) is 3.82. The van der Waals surface area contributed by atoms with Crippen molar-refractivity contribution in [2.75, 3.05) is 7.11 Å². The quantitative estimate of drug-likeness (QED) is 0.474. The Hall–Kier alpha value is -3.13. The van der Waals surface area contributed by atoms with Crippen molar-refractivity contribution >= 4 is 11.9 Å². The van der Waals surface area contributed by atoms with Gasteiger partial charge in [-0.25, -0.2) is 0 Å². The lowest BCUT2D eigenvalue weighted by molar-refractivity contribution is 0.104. The van der Waals surface area contributed by atoms with Crippen LogP contribution in [0.3, 0.4) is 0 Å². The van der Waals surface area contributed by atoms with Gasteiger partial charge in [-0.3, -0.25) is 4.79 Å². The van der Waals surface area contributed by atoms with Gasteiger partial charge in [0.15, 0.2) is 5.78 Å². The first kappa shape index (κ1) is 15.8. The number of carbonyl (C=O) groups excluding carboxylic acids is 1. The number of ether oxygens (including phenoxy) is 1. The van der Waals surface area contributed by atoms with E-state index in [0.29, 0.717) is 5.56 Å². The monoisotopic (exact) mass is 314 g/mol. The van der Waals surface area contributed by atoms with Crippen LogP contribution in [0.1, 0.15) is 15.9 Å². The topological polar surface area (TPSA) is 26.3 Å². The molecule has 3 rings (SSSR count). The van der Waals surface area contributed by atoms with Gasteiger partial charge in [0.2, 0.25) is 0 Å². The van der Waals surface area contributed by atoms with Crippen molar-refractivity contribution in [1.29, 1.82) is 0 Å². The van der Waals surface area contributed by atoms with Gasteiger partial charge in [0, 0.05) is 5.56 Å². The first-order valence-electron chi connectivity index (χ1n) is 7.78. The van der Waals surface area contributed by atoms with E-state index in [1.165, 1.54) is 0 Å². The van der Waals surface area contributed by atoms with Crippen molar-refractivity contribution in [2.45, 2.75) is 0 Å². The number of ketones is 1. The molecule has 0 saturated carbocycles. The summed E-state index contributed by atoms with van der Waals surface area (Å²) in [4.78, 5) is 12.3. The molecule has 0 fully saturated rings. The number of hydrogen-bond donors (Lipinski definition) is 0. The minimum Gasteiger partial charge on any atom is -0.497 e. The summed E-state index contributed by atoms with van der Waals surface area (Å²) in [6, 6.07) is 25.4. The summed E-state index contributed by atoms with van der Waals surface area (Å²) < 4.78 is 5.12. The average Bonchev–Trinajstić information content (AvgIpc) is 2.67. The summed E-state index contributed by atoms with van der Waals surface area (Å²) in [6.07, 6.45) is 3.41. The van der Waals surface area contributed by atoms with E-state index in [-0.39, 0.29) is 5.78 Å². The van der Waals surface area contributed by atoms with Crippen molar-refractivity contribution < 1.29 is 9.53 Å². The van der Waals surface area contributed by atoms with E-state index in [4.69, 9.17) is 4.74 Å². The number of benzene rings is 3. The maximum atomic E-state index is 12.3. The molecule has 3 aromatic carbocycles. The summed E-state index contributed by atoms with van der Waals surface area (Å²) in [5.74, 6) is 0.792. The van der Waals surface area contributed by atoms with Gasteiger partial charge in [0.1, 0.15) is 5.75 Å². The van der Waals surface area contributed by atoms with E-state index in [9.17, 15) is 4.79 Å². The molecule has 0 spiro atoms. The maximum absolute atomic E-state index is 12.3. The Morgan fingerprint density at radius 2 is 1.42 bits per heavy atom. The van der Waals surface area contributed by atoms with E-state index in [2.05, 4.69) is 12.1 Å². The molecular formula is C22H18O2. The van der Waals surface area contributed by atoms with E-state index < -0.39 is 0 Å². The molecule has 0 bridgehead atoms. The third kappa shape index (κ3) is 3.79. The van der Waals surface area contributed by atoms with Gasteiger partial charge in [0.05, 0.1) is 7.11 Å². The molecule has 0 aliphatic carbocycles. The van der Waals surface area contributed by atoms with E-state index in [1.54, 1.807) is 13.2 Å². The molecule has 2 nitrogen and oxygen atoms in total. The molecule has 0 unspecified atom stereocenters. The highest BCUT2D eigenvalue weighted by molar-refractivity contribution is 6.07. The third-order valence-electron chi connectivity index (χ3n) is 3.82. The fourth-order valence-corrected chi connectivity index (χ4v) is 2.44. The Labute approximate surface area is 142 Å². The van der Waals surface area contributed by atoms with E-state index >= 15 is 0 Å². The molecule has 3 aromatic rings. The Bertz CT molecular complexity index is 829. The Morgan fingerprint density at radius 1 is 0.792 bits per heavy atom. The van der Waals surface area contributed by atoms with E-state index in [0.717, 1.165) is 22.4 Å². The summed E-state index contributed by atoms with van der Waals surface area (Å²) >= 11 is 0. The highest BCUT2D eigenvalue weighted by Crippen LogP contribution is 2.19. The molecule has 0 aliphatic rings. The van der Waals surface area contributed by atoms with Crippen molar-refractivity contribution in [2.24, 2.45) is 0 Å². The fourth-order valence-electron chi connectivity index (χ4n) is 2.44. The highest BCUT2D eigenvalue weighted by Gasteiger charge is 2.03. The van der Waals surface area contributed by atoms with Gasteiger partial charge in [-0.15, -0.1) is 0 Å². The minimum absolute atomic E-state index is 0.00886. The van der Waals surface area contributed by atoms with Crippen molar-refractivity contribution in [3.8, 4) is 16.9 Å². The van der Waals surface area contributed by atoms with Crippen molar-refractivity contribution in [3.63, 3.8) is 0 Å². The Kier molecular flexibility index (Phi) is 4.87. The SMILES string of the molecule is COc1ccc(/C=C/C(=O)c2ccc(-c3ccccc3)cc2)cc1. The van der Waals surface area contributed by atoms with Crippen LogP contribution in [0.4, 0.5) is 0 Å². The van der Waals surface area contributed by atoms with Crippen molar-refractivity contribution in [1.82, 2.24) is 0 Å². The standard InChI is InChI=1S/C22H18O2/c1-24-21-14-7-17(8-15-21)9-16-22(23)20-12-10-19(11-13-20)18-5-3-2-4-6-18/h2-16H,1H3/b16-9+. The van der Waals surface area contributed by atoms with Crippen LogP contribution in [0, 0.1) is 0 Å². The van der Waals surface area contributed by atoms with Crippen LogP contribution in [0.5, 0.6) is 5.75 Å². The molecule has 0 atom stereocenters. The average molecular weight is 314 g/mol. The molecule has 118 valence electrons. The molecule has 0 radical (unpaired) electrons. The number of rotatable bonds is 5. The number of methoxy groups -OCH3 is 1. The predicted octanol–water partition coefficient (Wildman–Crippen LogP) is 5.26. The number of hydrogen-bond acceptors (Lipinski definition) is 2. The zero-order valence-corrected chi connectivity index (χ0v) is 13.5. The van der Waals surface area contributed by atoms with E-state index in [1.807, 2.05) is 72.8 Å². The Balaban J connectivity index is 1.71. The van der Waals surface area contributed by atoms with Crippen LogP contribution in [-0.2, 0) is 0 Å². The minimum atomic E-state index is -0.00886. The normalized spacial score (nSPS) is 10.7. The molecule has 24 heavy (non-hydrogen) atoms. The van der Waals surface area contributed by atoms with Crippen LogP contribution in [0.2, 0.25) is 0 Å². The van der Waals surface area contributed by atoms with Crippen LogP contribution in [-0.4, -0.2) is 12.9 Å². The molecule has 0 heterocycles. The summed E-state index contributed by atoms with van der Waals surface area (Å²) in [5.41, 5.74) is 3.89. The molecule has 2 heteroatoms. The summed E-state index contributed by atoms with van der Waals surface area (Å²) in [6.45, 7) is 0. The largest absolute Gasteiger partial charge is 0.497 e. The summed E-state index contributed by atoms with van der Waals surface area (Å²) in [5, 5.41) is 0. The smallest absolute Gasteiger partial charge is 0.185 e. The first-order chi connectivity index (χ1) is 11.8.